The van der Waals surface area contributed by atoms with E-state index in [1.807, 2.05) is 18.2 Å². The fraction of sp³-hybridized carbons (Fsp3) is 0.188. The third kappa shape index (κ3) is 6.35. The number of ether oxygens (including phenoxy) is 1. The smallest absolute Gasteiger partial charge is 0.157 e. The largest absolute Gasteiger partial charge is 0.388 e. The SMILES string of the molecule is COC.Cc1ccc(C(N=C(N)c2ccc3ccccc3c2)=NCc2ccc3c(c2)C=CCC3)cc1. The maximum absolute atomic E-state index is 6.47. The lowest BCUT2D eigenvalue weighted by Crippen LogP contribution is -2.16. The molecule has 0 bridgehead atoms. The lowest BCUT2D eigenvalue weighted by molar-refractivity contribution is 0.277. The molecule has 0 heterocycles. The Bertz CT molecular complexity index is 1420. The number of fused-ring (bicyclic) bond motifs is 2. The molecular formula is C32H33N3O. The van der Waals surface area contributed by atoms with Crippen LogP contribution in [0.1, 0.15) is 39.8 Å². The van der Waals surface area contributed by atoms with Crippen LogP contribution in [-0.4, -0.2) is 25.9 Å². The Morgan fingerprint density at radius 3 is 2.36 bits per heavy atom. The van der Waals surface area contributed by atoms with Gasteiger partial charge in [-0.25, -0.2) is 4.99 Å². The summed E-state index contributed by atoms with van der Waals surface area (Å²) in [6.45, 7) is 2.63. The van der Waals surface area contributed by atoms with Crippen LogP contribution in [0.2, 0.25) is 0 Å². The van der Waals surface area contributed by atoms with E-state index < -0.39 is 0 Å². The number of amidine groups is 2. The molecule has 1 aliphatic rings. The second-order valence-electron chi connectivity index (χ2n) is 8.95. The van der Waals surface area contributed by atoms with Crippen molar-refractivity contribution < 1.29 is 4.74 Å². The van der Waals surface area contributed by atoms with Gasteiger partial charge in [0.25, 0.3) is 0 Å². The van der Waals surface area contributed by atoms with Gasteiger partial charge in [0.15, 0.2) is 5.84 Å². The Kier molecular flexibility index (Phi) is 8.43. The van der Waals surface area contributed by atoms with Crippen LogP contribution in [0.5, 0.6) is 0 Å². The average molecular weight is 476 g/mol. The van der Waals surface area contributed by atoms with Gasteiger partial charge in [-0.05, 0) is 59.4 Å². The third-order valence-electron chi connectivity index (χ3n) is 6.08. The van der Waals surface area contributed by atoms with Crippen LogP contribution in [0.25, 0.3) is 16.8 Å². The van der Waals surface area contributed by atoms with Crippen molar-refractivity contribution in [2.75, 3.05) is 14.2 Å². The van der Waals surface area contributed by atoms with Gasteiger partial charge in [0, 0.05) is 25.3 Å². The predicted octanol–water partition coefficient (Wildman–Crippen LogP) is 6.72. The zero-order valence-corrected chi connectivity index (χ0v) is 21.2. The van der Waals surface area contributed by atoms with Gasteiger partial charge >= 0.3 is 0 Å². The summed E-state index contributed by atoms with van der Waals surface area (Å²) in [6, 6.07) is 29.3. The van der Waals surface area contributed by atoms with Gasteiger partial charge < -0.3 is 10.5 Å². The van der Waals surface area contributed by atoms with Gasteiger partial charge in [-0.15, -0.1) is 0 Å². The van der Waals surface area contributed by atoms with Gasteiger partial charge in [-0.1, -0.05) is 90.5 Å². The molecule has 0 aliphatic heterocycles. The van der Waals surface area contributed by atoms with Crippen molar-refractivity contribution in [1.29, 1.82) is 0 Å². The number of benzene rings is 4. The molecule has 0 saturated heterocycles. The first-order valence-electron chi connectivity index (χ1n) is 12.2. The monoisotopic (exact) mass is 475 g/mol. The summed E-state index contributed by atoms with van der Waals surface area (Å²) in [6.07, 6.45) is 6.67. The van der Waals surface area contributed by atoms with E-state index in [1.54, 1.807) is 14.2 Å². The first-order valence-corrected chi connectivity index (χ1v) is 12.2. The maximum atomic E-state index is 6.47. The highest BCUT2D eigenvalue weighted by Gasteiger charge is 2.08. The van der Waals surface area contributed by atoms with Crippen molar-refractivity contribution in [2.24, 2.45) is 15.7 Å². The fourth-order valence-corrected chi connectivity index (χ4v) is 4.16. The number of hydrogen-bond acceptors (Lipinski definition) is 2. The van der Waals surface area contributed by atoms with Crippen molar-refractivity contribution in [3.05, 3.63) is 124 Å². The fourth-order valence-electron chi connectivity index (χ4n) is 4.16. The van der Waals surface area contributed by atoms with E-state index in [1.165, 1.54) is 27.6 Å². The number of aryl methyl sites for hydroxylation is 2. The van der Waals surface area contributed by atoms with Crippen LogP contribution >= 0.6 is 0 Å². The molecule has 0 aromatic heterocycles. The van der Waals surface area contributed by atoms with E-state index >= 15 is 0 Å². The molecule has 0 radical (unpaired) electrons. The second-order valence-corrected chi connectivity index (χ2v) is 8.95. The van der Waals surface area contributed by atoms with Crippen molar-refractivity contribution in [3.63, 3.8) is 0 Å². The number of aliphatic imine (C=N–C) groups is 2. The molecule has 4 nitrogen and oxygen atoms in total. The van der Waals surface area contributed by atoms with Crippen LogP contribution in [-0.2, 0) is 17.7 Å². The molecule has 5 rings (SSSR count). The molecule has 0 fully saturated rings. The summed E-state index contributed by atoms with van der Waals surface area (Å²) < 4.78 is 4.25. The number of allylic oxidation sites excluding steroid dienone is 1. The zero-order chi connectivity index (χ0) is 25.3. The van der Waals surface area contributed by atoms with Gasteiger partial charge in [0.1, 0.15) is 5.84 Å². The molecule has 0 atom stereocenters. The van der Waals surface area contributed by atoms with Crippen LogP contribution in [0.3, 0.4) is 0 Å². The summed E-state index contributed by atoms with van der Waals surface area (Å²) in [5, 5.41) is 2.33. The molecule has 0 amide bonds. The number of nitrogens with two attached hydrogens (primary N) is 1. The summed E-state index contributed by atoms with van der Waals surface area (Å²) in [4.78, 5) is 9.68. The van der Waals surface area contributed by atoms with Crippen LogP contribution in [0.4, 0.5) is 0 Å². The highest BCUT2D eigenvalue weighted by Crippen LogP contribution is 2.21. The molecule has 0 unspecified atom stereocenters. The summed E-state index contributed by atoms with van der Waals surface area (Å²) in [5.41, 5.74) is 13.4. The molecule has 1 aliphatic carbocycles. The molecule has 4 aromatic rings. The Labute approximate surface area is 213 Å². The Morgan fingerprint density at radius 2 is 1.58 bits per heavy atom. The van der Waals surface area contributed by atoms with E-state index in [4.69, 9.17) is 15.7 Å². The van der Waals surface area contributed by atoms with Crippen molar-refractivity contribution in [2.45, 2.75) is 26.3 Å². The summed E-state index contributed by atoms with van der Waals surface area (Å²) in [7, 11) is 3.25. The normalized spacial score (nSPS) is 13.2. The van der Waals surface area contributed by atoms with E-state index in [0.717, 1.165) is 29.4 Å². The van der Waals surface area contributed by atoms with Crippen LogP contribution < -0.4 is 5.73 Å². The highest BCUT2D eigenvalue weighted by atomic mass is 16.4. The maximum Gasteiger partial charge on any atom is 0.157 e. The quantitative estimate of drug-likeness (QED) is 0.263. The Balaban J connectivity index is 0.000000967. The van der Waals surface area contributed by atoms with E-state index in [9.17, 15) is 0 Å². The number of methoxy groups -OCH3 is 1. The van der Waals surface area contributed by atoms with Gasteiger partial charge in [0.2, 0.25) is 0 Å². The van der Waals surface area contributed by atoms with E-state index in [-0.39, 0.29) is 0 Å². The molecule has 0 saturated carbocycles. The molecular weight excluding hydrogens is 442 g/mol. The minimum absolute atomic E-state index is 0.466. The van der Waals surface area contributed by atoms with Gasteiger partial charge in [-0.2, -0.15) is 0 Å². The zero-order valence-electron chi connectivity index (χ0n) is 21.2. The second kappa shape index (κ2) is 12.1. The Hall–Kier alpha value is -4.02. The molecule has 4 aromatic carbocycles. The molecule has 182 valence electrons. The first-order chi connectivity index (χ1) is 17.6. The molecule has 36 heavy (non-hydrogen) atoms. The molecule has 4 heteroatoms. The van der Waals surface area contributed by atoms with Crippen molar-refractivity contribution >= 4 is 28.5 Å². The lowest BCUT2D eigenvalue weighted by atomic mass is 9.95. The minimum atomic E-state index is 0.466. The lowest BCUT2D eigenvalue weighted by Gasteiger charge is -2.11. The topological polar surface area (TPSA) is 60.0 Å². The van der Waals surface area contributed by atoms with E-state index in [0.29, 0.717) is 18.2 Å². The van der Waals surface area contributed by atoms with Crippen LogP contribution in [0, 0.1) is 6.92 Å². The minimum Gasteiger partial charge on any atom is -0.388 e. The predicted molar refractivity (Wildman–Crippen MR) is 153 cm³/mol. The van der Waals surface area contributed by atoms with Gasteiger partial charge in [0.05, 0.1) is 6.54 Å². The van der Waals surface area contributed by atoms with Gasteiger partial charge in [-0.3, -0.25) is 4.99 Å². The van der Waals surface area contributed by atoms with Crippen molar-refractivity contribution in [3.8, 4) is 0 Å². The standard InChI is InChI=1S/C30H27N3.C2H6O/c1-21-10-13-25(14-11-21)30(32-20-22-12-15-23-6-2-4-8-26(23)18-22)33-29(31)28-17-16-24-7-3-5-9-27(24)19-28;1-3-2/h3-5,7-19H,2,6,20H2,1H3,(H2,31,32,33);1-2H3. The van der Waals surface area contributed by atoms with Crippen LogP contribution in [0.15, 0.2) is 101 Å². The van der Waals surface area contributed by atoms with Crippen molar-refractivity contribution in [1.82, 2.24) is 0 Å². The van der Waals surface area contributed by atoms with E-state index in [2.05, 4.69) is 90.5 Å². The highest BCUT2D eigenvalue weighted by molar-refractivity contribution is 6.11. The summed E-state index contributed by atoms with van der Waals surface area (Å²) in [5.74, 6) is 1.11. The Morgan fingerprint density at radius 1 is 0.861 bits per heavy atom. The summed E-state index contributed by atoms with van der Waals surface area (Å²) >= 11 is 0. The number of hydrogen-bond donors (Lipinski definition) is 1. The molecule has 0 spiro atoms. The number of rotatable bonds is 4. The number of nitrogens with zero attached hydrogens (tertiary/aromatic N) is 2. The third-order valence-corrected chi connectivity index (χ3v) is 6.08. The molecule has 2 N–H and O–H groups in total. The first kappa shape index (κ1) is 25.1. The average Bonchev–Trinajstić information content (AvgIpc) is 2.91.